The Labute approximate surface area is 116 Å². The molecule has 3 rings (SSSR count). The quantitative estimate of drug-likeness (QED) is 0.785. The first-order chi connectivity index (χ1) is 9.15. The fourth-order valence-electron chi connectivity index (χ4n) is 1.71. The molecule has 1 aromatic carbocycles. The second-order valence-corrected chi connectivity index (χ2v) is 5.01. The summed E-state index contributed by atoms with van der Waals surface area (Å²) in [5, 5.41) is 9.50. The monoisotopic (exact) mass is 291 g/mol. The number of rotatable bonds is 2. The smallest absolute Gasteiger partial charge is 0.354 e. The molecule has 5 nitrogen and oxygen atoms in total. The highest BCUT2D eigenvalue weighted by Gasteiger charge is 2.10. The molecule has 7 heteroatoms. The number of nitrogens with zero attached hydrogens (tertiary/aromatic N) is 3. The maximum Gasteiger partial charge on any atom is 0.354 e. The Balaban J connectivity index is 2.18. The number of aromatic carboxylic acids is 1. The number of thiazole rings is 1. The third kappa shape index (κ3) is 2.16. The lowest BCUT2D eigenvalue weighted by Gasteiger charge is -2.03. The summed E-state index contributed by atoms with van der Waals surface area (Å²) in [6, 6.07) is 4.98. The van der Waals surface area contributed by atoms with Gasteiger partial charge < -0.3 is 5.11 Å². The minimum Gasteiger partial charge on any atom is -0.477 e. The standard InChI is InChI=1S/C12H6ClN3O2S/c13-7-1-6(2-9-11(7)19-5-16-9)8-3-10(12(17)18)15-4-14-8/h1-5H,(H,17,18). The van der Waals surface area contributed by atoms with Gasteiger partial charge in [0.05, 0.1) is 26.4 Å². The van der Waals surface area contributed by atoms with Crippen LogP contribution in [-0.2, 0) is 0 Å². The lowest BCUT2D eigenvalue weighted by molar-refractivity contribution is 0.0690. The Bertz CT molecular complexity index is 787. The number of fused-ring (bicyclic) bond motifs is 1. The summed E-state index contributed by atoms with van der Waals surface area (Å²) in [5.74, 6) is -1.09. The molecule has 0 unspecified atom stereocenters. The second kappa shape index (κ2) is 4.56. The van der Waals surface area contributed by atoms with E-state index >= 15 is 0 Å². The molecule has 0 saturated carbocycles. The van der Waals surface area contributed by atoms with Crippen LogP contribution in [-0.4, -0.2) is 26.0 Å². The van der Waals surface area contributed by atoms with Crippen LogP contribution in [0.2, 0.25) is 5.02 Å². The minimum atomic E-state index is -1.09. The Morgan fingerprint density at radius 3 is 2.84 bits per heavy atom. The second-order valence-electron chi connectivity index (χ2n) is 3.75. The molecular weight excluding hydrogens is 286 g/mol. The van der Waals surface area contributed by atoms with Crippen molar-refractivity contribution in [1.82, 2.24) is 15.0 Å². The van der Waals surface area contributed by atoms with Crippen molar-refractivity contribution in [2.45, 2.75) is 0 Å². The molecule has 2 aromatic heterocycles. The molecule has 0 aliphatic heterocycles. The van der Waals surface area contributed by atoms with Gasteiger partial charge in [-0.3, -0.25) is 0 Å². The van der Waals surface area contributed by atoms with E-state index in [1.807, 2.05) is 6.07 Å². The molecule has 0 bridgehead atoms. The van der Waals surface area contributed by atoms with Crippen LogP contribution in [0, 0.1) is 0 Å². The Morgan fingerprint density at radius 2 is 2.05 bits per heavy atom. The predicted molar refractivity (Wildman–Crippen MR) is 72.6 cm³/mol. The highest BCUT2D eigenvalue weighted by atomic mass is 35.5. The molecule has 0 aliphatic carbocycles. The number of hydrogen-bond acceptors (Lipinski definition) is 5. The lowest BCUT2D eigenvalue weighted by Crippen LogP contribution is -2.01. The largest absolute Gasteiger partial charge is 0.477 e. The van der Waals surface area contributed by atoms with Crippen LogP contribution in [0.15, 0.2) is 30.0 Å². The van der Waals surface area contributed by atoms with Gasteiger partial charge in [-0.25, -0.2) is 19.7 Å². The van der Waals surface area contributed by atoms with Crippen molar-refractivity contribution in [3.63, 3.8) is 0 Å². The summed E-state index contributed by atoms with van der Waals surface area (Å²) < 4.78 is 0.901. The van der Waals surface area contributed by atoms with Gasteiger partial charge in [0, 0.05) is 5.56 Å². The van der Waals surface area contributed by atoms with E-state index in [0.717, 1.165) is 10.2 Å². The molecule has 1 N–H and O–H groups in total. The third-order valence-electron chi connectivity index (χ3n) is 2.57. The number of hydrogen-bond donors (Lipinski definition) is 1. The molecule has 0 radical (unpaired) electrons. The number of carbonyl (C=O) groups is 1. The van der Waals surface area contributed by atoms with Crippen LogP contribution in [0.5, 0.6) is 0 Å². The van der Waals surface area contributed by atoms with Crippen molar-refractivity contribution in [3.05, 3.63) is 40.8 Å². The number of carboxylic acid groups (broad SMARTS) is 1. The number of carboxylic acids is 1. The molecule has 94 valence electrons. The van der Waals surface area contributed by atoms with Gasteiger partial charge >= 0.3 is 5.97 Å². The van der Waals surface area contributed by atoms with Crippen LogP contribution in [0.25, 0.3) is 21.5 Å². The van der Waals surface area contributed by atoms with Crippen molar-refractivity contribution in [1.29, 1.82) is 0 Å². The van der Waals surface area contributed by atoms with Crippen LogP contribution >= 0.6 is 22.9 Å². The van der Waals surface area contributed by atoms with Crippen LogP contribution in [0.4, 0.5) is 0 Å². The predicted octanol–water partition coefficient (Wildman–Crippen LogP) is 3.10. The normalized spacial score (nSPS) is 10.8. The van der Waals surface area contributed by atoms with E-state index in [1.54, 1.807) is 11.6 Å². The average Bonchev–Trinajstić information content (AvgIpc) is 2.87. The van der Waals surface area contributed by atoms with E-state index in [2.05, 4.69) is 15.0 Å². The molecule has 3 aromatic rings. The van der Waals surface area contributed by atoms with Gasteiger partial charge in [-0.2, -0.15) is 0 Å². The maximum atomic E-state index is 10.9. The molecule has 0 amide bonds. The molecule has 0 spiro atoms. The fourth-order valence-corrected chi connectivity index (χ4v) is 2.73. The molecule has 0 aliphatic rings. The van der Waals surface area contributed by atoms with E-state index in [-0.39, 0.29) is 5.69 Å². The fraction of sp³-hybridized carbons (Fsp3) is 0. The van der Waals surface area contributed by atoms with Gasteiger partial charge in [0.2, 0.25) is 0 Å². The summed E-state index contributed by atoms with van der Waals surface area (Å²) in [5.41, 5.74) is 3.64. The summed E-state index contributed by atoms with van der Waals surface area (Å²) in [7, 11) is 0. The maximum absolute atomic E-state index is 10.9. The van der Waals surface area contributed by atoms with E-state index in [9.17, 15) is 4.79 Å². The van der Waals surface area contributed by atoms with Crippen molar-refractivity contribution in [2.24, 2.45) is 0 Å². The van der Waals surface area contributed by atoms with E-state index in [1.165, 1.54) is 23.7 Å². The van der Waals surface area contributed by atoms with E-state index in [0.29, 0.717) is 16.3 Å². The zero-order valence-corrected chi connectivity index (χ0v) is 10.9. The molecule has 19 heavy (non-hydrogen) atoms. The van der Waals surface area contributed by atoms with Crippen molar-refractivity contribution in [2.75, 3.05) is 0 Å². The third-order valence-corrected chi connectivity index (χ3v) is 3.85. The highest BCUT2D eigenvalue weighted by Crippen LogP contribution is 2.31. The van der Waals surface area contributed by atoms with Gasteiger partial charge in [0.15, 0.2) is 5.69 Å². The minimum absolute atomic E-state index is 0.0560. The molecule has 0 saturated heterocycles. The SMILES string of the molecule is O=C(O)c1cc(-c2cc(Cl)c3scnc3c2)ncn1. The van der Waals surface area contributed by atoms with Crippen molar-refractivity contribution < 1.29 is 9.90 Å². The van der Waals surface area contributed by atoms with E-state index in [4.69, 9.17) is 16.7 Å². The molecule has 0 fully saturated rings. The van der Waals surface area contributed by atoms with Crippen LogP contribution in [0.1, 0.15) is 10.5 Å². The summed E-state index contributed by atoms with van der Waals surface area (Å²) >= 11 is 7.62. The Kier molecular flexibility index (Phi) is 2.88. The topological polar surface area (TPSA) is 76.0 Å². The van der Waals surface area contributed by atoms with Gasteiger partial charge in [-0.1, -0.05) is 11.6 Å². The van der Waals surface area contributed by atoms with Crippen molar-refractivity contribution >= 4 is 39.1 Å². The van der Waals surface area contributed by atoms with Gasteiger partial charge in [0.1, 0.15) is 6.33 Å². The number of aromatic nitrogens is 3. The average molecular weight is 292 g/mol. The van der Waals surface area contributed by atoms with Crippen molar-refractivity contribution in [3.8, 4) is 11.3 Å². The molecule has 2 heterocycles. The van der Waals surface area contributed by atoms with E-state index < -0.39 is 5.97 Å². The zero-order chi connectivity index (χ0) is 13.4. The first kappa shape index (κ1) is 12.0. The first-order valence-corrected chi connectivity index (χ1v) is 6.49. The highest BCUT2D eigenvalue weighted by molar-refractivity contribution is 7.17. The van der Waals surface area contributed by atoms with Gasteiger partial charge in [0.25, 0.3) is 0 Å². The summed E-state index contributed by atoms with van der Waals surface area (Å²) in [6.07, 6.45) is 1.22. The Hall–Kier alpha value is -2.05. The van der Waals surface area contributed by atoms with Crippen LogP contribution < -0.4 is 0 Å². The Morgan fingerprint density at radius 1 is 1.21 bits per heavy atom. The summed E-state index contributed by atoms with van der Waals surface area (Å²) in [6.45, 7) is 0. The lowest BCUT2D eigenvalue weighted by atomic mass is 10.1. The zero-order valence-electron chi connectivity index (χ0n) is 9.37. The van der Waals surface area contributed by atoms with Gasteiger partial charge in [-0.05, 0) is 18.2 Å². The molecule has 0 atom stereocenters. The molecular formula is C12H6ClN3O2S. The van der Waals surface area contributed by atoms with Crippen LogP contribution in [0.3, 0.4) is 0 Å². The number of benzene rings is 1. The van der Waals surface area contributed by atoms with Gasteiger partial charge in [-0.15, -0.1) is 11.3 Å². The number of halogens is 1. The first-order valence-electron chi connectivity index (χ1n) is 5.23. The summed E-state index contributed by atoms with van der Waals surface area (Å²) in [4.78, 5) is 22.8.